The predicted octanol–water partition coefficient (Wildman–Crippen LogP) is 2.91. The van der Waals surface area contributed by atoms with E-state index in [1.807, 2.05) is 60.7 Å². The average Bonchev–Trinajstić information content (AvgIpc) is 3.36. The van der Waals surface area contributed by atoms with E-state index in [9.17, 15) is 14.4 Å². The van der Waals surface area contributed by atoms with Crippen LogP contribution in [-0.4, -0.2) is 55.3 Å². The van der Waals surface area contributed by atoms with Crippen molar-refractivity contribution in [2.75, 3.05) is 26.9 Å². The number of hydrogen-bond donors (Lipinski definition) is 0. The second kappa shape index (κ2) is 9.06. The minimum absolute atomic E-state index is 0.0341. The highest BCUT2D eigenvalue weighted by atomic mass is 16.7. The number of rotatable bonds is 7. The van der Waals surface area contributed by atoms with Crippen LogP contribution in [0.2, 0.25) is 0 Å². The van der Waals surface area contributed by atoms with Crippen LogP contribution in [0.1, 0.15) is 24.5 Å². The van der Waals surface area contributed by atoms with Gasteiger partial charge in [-0.05, 0) is 24.5 Å². The number of carbonyl (C=O) groups is 3. The van der Waals surface area contributed by atoms with Gasteiger partial charge in [-0.2, -0.15) is 0 Å². The summed E-state index contributed by atoms with van der Waals surface area (Å²) < 4.78 is 16.2. The number of methoxy groups -OCH3 is 1. The molecular weight excluding hydrogens is 410 g/mol. The molecule has 2 heterocycles. The second-order valence-corrected chi connectivity index (χ2v) is 7.82. The van der Waals surface area contributed by atoms with Gasteiger partial charge in [-0.25, -0.2) is 0 Å². The van der Waals surface area contributed by atoms with Crippen molar-refractivity contribution in [1.82, 2.24) is 4.90 Å². The molecule has 166 valence electrons. The first-order valence-electron chi connectivity index (χ1n) is 10.5. The summed E-state index contributed by atoms with van der Waals surface area (Å²) in [5.74, 6) is -3.22. The van der Waals surface area contributed by atoms with Crippen LogP contribution in [0, 0.1) is 5.92 Å². The van der Waals surface area contributed by atoms with Gasteiger partial charge in [0.2, 0.25) is 0 Å². The molecule has 32 heavy (non-hydrogen) atoms. The van der Waals surface area contributed by atoms with Gasteiger partial charge in [0.15, 0.2) is 5.79 Å². The van der Waals surface area contributed by atoms with Gasteiger partial charge in [-0.3, -0.25) is 19.3 Å². The van der Waals surface area contributed by atoms with Crippen LogP contribution in [0.5, 0.6) is 0 Å². The Morgan fingerprint density at radius 3 is 1.84 bits per heavy atom. The third-order valence-corrected chi connectivity index (χ3v) is 5.91. The summed E-state index contributed by atoms with van der Waals surface area (Å²) in [6, 6.07) is 18.3. The van der Waals surface area contributed by atoms with Crippen LogP contribution in [-0.2, 0) is 28.6 Å². The van der Waals surface area contributed by atoms with Gasteiger partial charge in [-0.1, -0.05) is 60.7 Å². The van der Waals surface area contributed by atoms with E-state index in [0.29, 0.717) is 35.5 Å². The summed E-state index contributed by atoms with van der Waals surface area (Å²) in [6.45, 7) is 2.44. The summed E-state index contributed by atoms with van der Waals surface area (Å²) >= 11 is 0. The van der Waals surface area contributed by atoms with Crippen LogP contribution in [0.3, 0.4) is 0 Å². The van der Waals surface area contributed by atoms with E-state index in [-0.39, 0.29) is 24.8 Å². The molecular formula is C25H25NO6. The molecule has 7 heteroatoms. The average molecular weight is 435 g/mol. The molecule has 2 aliphatic rings. The molecule has 0 N–H and O–H groups in total. The maximum absolute atomic E-state index is 13.4. The maximum Gasteiger partial charge on any atom is 0.314 e. The van der Waals surface area contributed by atoms with Gasteiger partial charge >= 0.3 is 5.97 Å². The number of esters is 1. The first-order chi connectivity index (χ1) is 15.5. The molecule has 0 radical (unpaired) electrons. The topological polar surface area (TPSA) is 82.1 Å². The zero-order valence-corrected chi connectivity index (χ0v) is 18.1. The van der Waals surface area contributed by atoms with Gasteiger partial charge in [0.1, 0.15) is 5.92 Å². The summed E-state index contributed by atoms with van der Waals surface area (Å²) in [4.78, 5) is 40.5. The quantitative estimate of drug-likeness (QED) is 0.491. The monoisotopic (exact) mass is 435 g/mol. The molecule has 1 unspecified atom stereocenters. The van der Waals surface area contributed by atoms with E-state index in [2.05, 4.69) is 0 Å². The Bertz CT molecular complexity index is 979. The number of imide groups is 1. The number of nitrogens with zero attached hydrogens (tertiary/aromatic N) is 1. The number of benzene rings is 2. The zero-order chi connectivity index (χ0) is 22.7. The third kappa shape index (κ3) is 3.97. The molecule has 0 saturated carbocycles. The van der Waals surface area contributed by atoms with Gasteiger partial charge in [0.05, 0.1) is 31.5 Å². The largest absolute Gasteiger partial charge is 0.469 e. The maximum atomic E-state index is 13.4. The molecule has 7 nitrogen and oxygen atoms in total. The van der Waals surface area contributed by atoms with Crippen LogP contribution >= 0.6 is 0 Å². The van der Waals surface area contributed by atoms with Gasteiger partial charge in [0.25, 0.3) is 11.8 Å². The molecule has 2 amide bonds. The van der Waals surface area contributed by atoms with E-state index in [1.54, 1.807) is 6.92 Å². The van der Waals surface area contributed by atoms with Crippen molar-refractivity contribution in [2.45, 2.75) is 19.1 Å². The minimum atomic E-state index is -1.16. The lowest BCUT2D eigenvalue weighted by Gasteiger charge is -2.31. The Labute approximate surface area is 186 Å². The molecule has 4 rings (SSSR count). The minimum Gasteiger partial charge on any atom is -0.469 e. The van der Waals surface area contributed by atoms with Crippen molar-refractivity contribution in [2.24, 2.45) is 5.92 Å². The summed E-state index contributed by atoms with van der Waals surface area (Å²) in [6.07, 6.45) is 0.158. The van der Waals surface area contributed by atoms with Crippen molar-refractivity contribution in [1.29, 1.82) is 0 Å². The Balaban J connectivity index is 1.65. The van der Waals surface area contributed by atoms with E-state index in [4.69, 9.17) is 14.2 Å². The normalized spacial score (nSPS) is 18.9. The van der Waals surface area contributed by atoms with Crippen molar-refractivity contribution in [3.05, 3.63) is 71.8 Å². The van der Waals surface area contributed by atoms with Crippen LogP contribution in [0.4, 0.5) is 0 Å². The highest BCUT2D eigenvalue weighted by Crippen LogP contribution is 2.37. The standard InChI is InChI=1S/C25H25NO6/c1-25(31-15-16-32-25)19(24(29)30-2)13-14-26-22(27)20(17-9-5-3-6-10-17)21(23(26)28)18-11-7-4-8-12-18/h3-12,19H,13-16H2,1-2H3. The third-order valence-electron chi connectivity index (χ3n) is 5.91. The first-order valence-corrected chi connectivity index (χ1v) is 10.5. The van der Waals surface area contributed by atoms with Crippen molar-refractivity contribution < 1.29 is 28.6 Å². The number of hydrogen-bond acceptors (Lipinski definition) is 6. The Hall–Kier alpha value is -3.29. The summed E-state index contributed by atoms with van der Waals surface area (Å²) in [5.41, 5.74) is 2.06. The highest BCUT2D eigenvalue weighted by molar-refractivity contribution is 6.48. The van der Waals surface area contributed by atoms with E-state index < -0.39 is 17.7 Å². The number of ether oxygens (including phenoxy) is 3. The molecule has 2 aromatic rings. The molecule has 1 saturated heterocycles. The summed E-state index contributed by atoms with van der Waals surface area (Å²) in [7, 11) is 1.29. The van der Waals surface area contributed by atoms with E-state index in [1.165, 1.54) is 12.0 Å². The van der Waals surface area contributed by atoms with Gasteiger partial charge in [0, 0.05) is 6.54 Å². The highest BCUT2D eigenvalue weighted by Gasteiger charge is 2.46. The lowest BCUT2D eigenvalue weighted by Crippen LogP contribution is -2.44. The Morgan fingerprint density at radius 1 is 0.938 bits per heavy atom. The lowest BCUT2D eigenvalue weighted by molar-refractivity contribution is -0.200. The fourth-order valence-electron chi connectivity index (χ4n) is 4.25. The SMILES string of the molecule is COC(=O)C(CCN1C(=O)C(c2ccccc2)=C(c2ccccc2)C1=O)C1(C)OCCO1. The first kappa shape index (κ1) is 21.9. The smallest absolute Gasteiger partial charge is 0.314 e. The molecule has 0 aromatic heterocycles. The fraction of sp³-hybridized carbons (Fsp3) is 0.320. The van der Waals surface area contributed by atoms with Gasteiger partial charge < -0.3 is 14.2 Å². The summed E-state index contributed by atoms with van der Waals surface area (Å²) in [5, 5.41) is 0. The molecule has 1 atom stereocenters. The molecule has 0 bridgehead atoms. The molecule has 2 aliphatic heterocycles. The molecule has 0 spiro atoms. The fourth-order valence-corrected chi connectivity index (χ4v) is 4.25. The molecule has 1 fully saturated rings. The lowest BCUT2D eigenvalue weighted by atomic mass is 9.95. The molecule has 2 aromatic carbocycles. The van der Waals surface area contributed by atoms with Gasteiger partial charge in [-0.15, -0.1) is 0 Å². The predicted molar refractivity (Wildman–Crippen MR) is 117 cm³/mol. The van der Waals surface area contributed by atoms with E-state index in [0.717, 1.165) is 0 Å². The zero-order valence-electron chi connectivity index (χ0n) is 18.1. The molecule has 0 aliphatic carbocycles. The van der Waals surface area contributed by atoms with Crippen molar-refractivity contribution in [3.8, 4) is 0 Å². The van der Waals surface area contributed by atoms with Crippen molar-refractivity contribution >= 4 is 28.9 Å². The van der Waals surface area contributed by atoms with Crippen molar-refractivity contribution in [3.63, 3.8) is 0 Å². The Morgan fingerprint density at radius 2 is 1.41 bits per heavy atom. The number of carbonyl (C=O) groups excluding carboxylic acids is 3. The number of amides is 2. The Kier molecular flexibility index (Phi) is 6.21. The van der Waals surface area contributed by atoms with Crippen LogP contribution in [0.25, 0.3) is 11.1 Å². The second-order valence-electron chi connectivity index (χ2n) is 7.82. The van der Waals surface area contributed by atoms with E-state index >= 15 is 0 Å². The van der Waals surface area contributed by atoms with Crippen LogP contribution in [0.15, 0.2) is 60.7 Å². The van der Waals surface area contributed by atoms with Crippen LogP contribution < -0.4 is 0 Å².